The van der Waals surface area contributed by atoms with E-state index in [9.17, 15) is 13.2 Å². The summed E-state index contributed by atoms with van der Waals surface area (Å²) >= 11 is 0. The molecule has 0 aliphatic rings. The highest BCUT2D eigenvalue weighted by Gasteiger charge is 2.04. The quantitative estimate of drug-likeness (QED) is 0.403. The Morgan fingerprint density at radius 3 is 1.62 bits per heavy atom. The number of hydrogen-bond acceptors (Lipinski definition) is 3. The maximum atomic E-state index is 9.47. The lowest BCUT2D eigenvalue weighted by atomic mass is 10.8. The maximum absolute atomic E-state index is 9.47. The zero-order valence-corrected chi connectivity index (χ0v) is 4.34. The Hall–Kier alpha value is -0.880. The van der Waals surface area contributed by atoms with Gasteiger partial charge in [-0.15, -0.1) is 0 Å². The van der Waals surface area contributed by atoms with Gasteiger partial charge in [-0.05, 0) is 0 Å². The van der Waals surface area contributed by atoms with Crippen LogP contribution in [0.25, 0.3) is 0 Å². The van der Waals surface area contributed by atoms with Gasteiger partial charge in [0.25, 0.3) is 15.3 Å². The number of carboxylic acid groups (broad SMARTS) is 1. The van der Waals surface area contributed by atoms with Crippen molar-refractivity contribution in [3.05, 3.63) is 0 Å². The Kier molecular flexibility index (Phi) is 2.17. The summed E-state index contributed by atoms with van der Waals surface area (Å²) in [5.74, 6) is -1.85. The highest BCUT2D eigenvalue weighted by molar-refractivity contribution is 7.74. The minimum atomic E-state index is -3.02. The van der Waals surface area contributed by atoms with Crippen LogP contribution in [0.2, 0.25) is 0 Å². The Labute approximate surface area is 45.7 Å². The van der Waals surface area contributed by atoms with Crippen molar-refractivity contribution in [1.29, 1.82) is 0 Å². The number of aliphatic hydroxyl groups is 1. The summed E-state index contributed by atoms with van der Waals surface area (Å²) in [6.45, 7) is 0. The molecule has 0 aromatic rings. The van der Waals surface area contributed by atoms with Gasteiger partial charge in [0.1, 0.15) is 0 Å². The van der Waals surface area contributed by atoms with Gasteiger partial charge in [0.05, 0.1) is 0 Å². The number of hydrogen-bond donors (Lipinski definition) is 2. The van der Waals surface area contributed by atoms with Crippen LogP contribution >= 0.6 is 0 Å². The Bertz CT molecular complexity index is 213. The van der Waals surface area contributed by atoms with Crippen LogP contribution in [-0.2, 0) is 15.1 Å². The van der Waals surface area contributed by atoms with Crippen molar-refractivity contribution < 1.29 is 23.4 Å². The van der Waals surface area contributed by atoms with Crippen molar-refractivity contribution in [2.75, 3.05) is 0 Å². The van der Waals surface area contributed by atoms with Crippen molar-refractivity contribution in [3.63, 3.8) is 0 Å². The Morgan fingerprint density at radius 2 is 1.62 bits per heavy atom. The lowest BCUT2D eigenvalue weighted by Gasteiger charge is -1.76. The highest BCUT2D eigenvalue weighted by atomic mass is 32.2. The number of carbonyl (C=O) groups is 1. The fraction of sp³-hybridized carbons (Fsp3) is 0. The predicted molar refractivity (Wildman–Crippen MR) is 24.2 cm³/mol. The molecule has 46 valence electrons. The van der Waals surface area contributed by atoms with Gasteiger partial charge in [0, 0.05) is 0 Å². The van der Waals surface area contributed by atoms with E-state index in [1.165, 1.54) is 0 Å². The first-order valence-corrected chi connectivity index (χ1v) is 2.51. The molecule has 0 fully saturated rings. The third kappa shape index (κ3) is 1.71. The van der Waals surface area contributed by atoms with Gasteiger partial charge in [0.2, 0.25) is 0 Å². The van der Waals surface area contributed by atoms with Crippen LogP contribution < -0.4 is 0 Å². The van der Waals surface area contributed by atoms with E-state index in [2.05, 4.69) is 0 Å². The van der Waals surface area contributed by atoms with E-state index in [-0.39, 0.29) is 0 Å². The van der Waals surface area contributed by atoms with Gasteiger partial charge in [-0.2, -0.15) is 8.42 Å². The normalized spacial score (nSPS) is 8.12. The molecule has 0 rings (SSSR count). The lowest BCUT2D eigenvalue weighted by Crippen LogP contribution is -2.11. The molecule has 0 unspecified atom stereocenters. The monoisotopic (exact) mass is 138 g/mol. The van der Waals surface area contributed by atoms with Crippen LogP contribution in [0.15, 0.2) is 0 Å². The summed E-state index contributed by atoms with van der Waals surface area (Å²) in [5, 5.41) is 14.0. The van der Waals surface area contributed by atoms with Crippen LogP contribution in [0.3, 0.4) is 0 Å². The molecule has 0 amide bonds. The zero-order valence-electron chi connectivity index (χ0n) is 3.53. The fourth-order valence-corrected chi connectivity index (χ4v) is 0.214. The molecule has 0 aliphatic carbocycles. The molecule has 0 radical (unpaired) electrons. The number of aliphatic hydroxyl groups excluding tert-OH is 1. The molecule has 2 N–H and O–H groups in total. The third-order valence-electron chi connectivity index (χ3n) is 0.341. The lowest BCUT2D eigenvalue weighted by molar-refractivity contribution is -0.130. The van der Waals surface area contributed by atoms with Crippen LogP contribution in [-0.4, -0.2) is 29.7 Å². The molecule has 0 saturated heterocycles. The van der Waals surface area contributed by atoms with Crippen molar-refractivity contribution in [1.82, 2.24) is 0 Å². The second-order valence-corrected chi connectivity index (χ2v) is 1.70. The topological polar surface area (TPSA) is 91.7 Å². The summed E-state index contributed by atoms with van der Waals surface area (Å²) in [7, 11) is -3.02. The molecule has 0 spiro atoms. The number of aliphatic carboxylic acids is 1. The second-order valence-electron chi connectivity index (χ2n) is 0.845. The average Bonchev–Trinajstić information content (AvgIpc) is 1.64. The first-order chi connectivity index (χ1) is 3.55. The third-order valence-corrected chi connectivity index (χ3v) is 0.831. The molecule has 0 aliphatic heterocycles. The minimum absolute atomic E-state index is 1.56. The minimum Gasteiger partial charge on any atom is -0.475 e. The van der Waals surface area contributed by atoms with E-state index in [1.54, 1.807) is 0 Å². The van der Waals surface area contributed by atoms with E-state index >= 15 is 0 Å². The van der Waals surface area contributed by atoms with E-state index in [1.807, 2.05) is 0 Å². The molecule has 0 saturated carbocycles. The molecular formula is C2H2O5S. The highest BCUT2D eigenvalue weighted by Crippen LogP contribution is 1.62. The molecule has 0 heterocycles. The largest absolute Gasteiger partial charge is 0.475 e. The van der Waals surface area contributed by atoms with E-state index in [0.717, 1.165) is 0 Å². The molecular weight excluding hydrogens is 136 g/mol. The SMILES string of the molecule is O=C(O)C(O)=S(=O)=O. The fourth-order valence-electron chi connectivity index (χ4n) is 0.0713. The van der Waals surface area contributed by atoms with E-state index in [0.29, 0.717) is 0 Å². The summed E-state index contributed by atoms with van der Waals surface area (Å²) < 4.78 is 18.9. The number of rotatable bonds is 0. The summed E-state index contributed by atoms with van der Waals surface area (Å²) in [5.41, 5.74) is 0. The zero-order chi connectivity index (χ0) is 6.73. The molecule has 0 bridgehead atoms. The molecule has 0 aromatic heterocycles. The van der Waals surface area contributed by atoms with Crippen molar-refractivity contribution in [3.8, 4) is 0 Å². The maximum Gasteiger partial charge on any atom is 0.375 e. The predicted octanol–water partition coefficient (Wildman–Crippen LogP) is -1.36. The first kappa shape index (κ1) is 7.12. The average molecular weight is 138 g/mol. The summed E-state index contributed by atoms with van der Waals surface area (Å²) in [6.07, 6.45) is 0. The first-order valence-electron chi connectivity index (χ1n) is 1.44. The van der Waals surface area contributed by atoms with Crippen molar-refractivity contribution in [2.45, 2.75) is 0 Å². The van der Waals surface area contributed by atoms with Crippen molar-refractivity contribution >= 4 is 21.3 Å². The molecule has 5 nitrogen and oxygen atoms in total. The van der Waals surface area contributed by atoms with Gasteiger partial charge in [-0.3, -0.25) is 0 Å². The summed E-state index contributed by atoms with van der Waals surface area (Å²) in [6, 6.07) is 0. The van der Waals surface area contributed by atoms with E-state index < -0.39 is 21.3 Å². The number of carboxylic acids is 1. The van der Waals surface area contributed by atoms with Gasteiger partial charge in [-0.25, -0.2) is 4.79 Å². The standard InChI is InChI=1S/C2H2O5S/c3-1(4)2(5)8(6)7/h5H,(H,3,4). The molecule has 8 heavy (non-hydrogen) atoms. The summed E-state index contributed by atoms with van der Waals surface area (Å²) in [4.78, 5) is 9.46. The van der Waals surface area contributed by atoms with Crippen molar-refractivity contribution in [2.24, 2.45) is 0 Å². The second kappa shape index (κ2) is 2.43. The smallest absolute Gasteiger partial charge is 0.375 e. The van der Waals surface area contributed by atoms with Crippen LogP contribution in [0, 0.1) is 0 Å². The van der Waals surface area contributed by atoms with E-state index in [4.69, 9.17) is 10.2 Å². The molecule has 0 aromatic carbocycles. The van der Waals surface area contributed by atoms with Gasteiger partial charge < -0.3 is 10.2 Å². The Morgan fingerprint density at radius 1 is 1.25 bits per heavy atom. The van der Waals surface area contributed by atoms with Gasteiger partial charge >= 0.3 is 5.97 Å². The van der Waals surface area contributed by atoms with Crippen LogP contribution in [0.5, 0.6) is 0 Å². The van der Waals surface area contributed by atoms with Gasteiger partial charge in [-0.1, -0.05) is 0 Å². The Balaban J connectivity index is 4.78. The van der Waals surface area contributed by atoms with Gasteiger partial charge in [0.15, 0.2) is 0 Å². The molecule has 0 atom stereocenters. The van der Waals surface area contributed by atoms with Crippen LogP contribution in [0.1, 0.15) is 0 Å². The molecule has 6 heteroatoms. The van der Waals surface area contributed by atoms with Crippen LogP contribution in [0.4, 0.5) is 0 Å².